The summed E-state index contributed by atoms with van der Waals surface area (Å²) in [5, 5.41) is 0. The number of methoxy groups -OCH3 is 1. The molecule has 0 saturated carbocycles. The molecule has 0 aromatic heterocycles. The summed E-state index contributed by atoms with van der Waals surface area (Å²) >= 11 is 0. The quantitative estimate of drug-likeness (QED) is 0.795. The minimum atomic E-state index is -0.509. The zero-order valence-electron chi connectivity index (χ0n) is 12.1. The molecule has 112 valence electrons. The van der Waals surface area contributed by atoms with E-state index in [0.717, 1.165) is 0 Å². The number of nitrogens with zero attached hydrogens (tertiary/aromatic N) is 1. The van der Waals surface area contributed by atoms with Gasteiger partial charge in [-0.1, -0.05) is 24.3 Å². The lowest BCUT2D eigenvalue weighted by molar-refractivity contribution is -0.114. The van der Waals surface area contributed by atoms with Crippen LogP contribution in [0.1, 0.15) is 10.4 Å². The molecular weight excluding hydrogens is 282 g/mol. The summed E-state index contributed by atoms with van der Waals surface area (Å²) in [6, 6.07) is 14.3. The third-order valence-electron chi connectivity index (χ3n) is 3.52. The van der Waals surface area contributed by atoms with Gasteiger partial charge in [0.1, 0.15) is 6.61 Å². The highest BCUT2D eigenvalue weighted by Gasteiger charge is 2.35. The predicted molar refractivity (Wildman–Crippen MR) is 81.6 cm³/mol. The van der Waals surface area contributed by atoms with Gasteiger partial charge in [0.15, 0.2) is 11.5 Å². The number of hydrogen-bond acceptors (Lipinski definition) is 4. The van der Waals surface area contributed by atoms with Crippen LogP contribution in [-0.2, 0) is 4.79 Å². The summed E-state index contributed by atoms with van der Waals surface area (Å²) < 4.78 is 10.9. The van der Waals surface area contributed by atoms with Gasteiger partial charge in [-0.05, 0) is 24.3 Å². The number of hydrogen-bond donors (Lipinski definition) is 0. The number of ketones is 1. The molecular formula is C17H15NO4. The maximum Gasteiger partial charge on any atom is 0.299 e. The number of benzene rings is 2. The van der Waals surface area contributed by atoms with Gasteiger partial charge in [-0.2, -0.15) is 0 Å². The summed E-state index contributed by atoms with van der Waals surface area (Å²) in [7, 11) is 1.57. The van der Waals surface area contributed by atoms with Crippen LogP contribution in [0.3, 0.4) is 0 Å². The Kier molecular flexibility index (Phi) is 3.78. The SMILES string of the molecule is COc1ccccc1OCCN1C(=O)C(=O)c2ccccc21. The van der Waals surface area contributed by atoms with Gasteiger partial charge in [-0.15, -0.1) is 0 Å². The van der Waals surface area contributed by atoms with Gasteiger partial charge in [0.2, 0.25) is 0 Å². The summed E-state index contributed by atoms with van der Waals surface area (Å²) in [5.74, 6) is 0.265. The number of anilines is 1. The highest BCUT2D eigenvalue weighted by Crippen LogP contribution is 2.29. The molecule has 0 saturated heterocycles. The second-order valence-corrected chi connectivity index (χ2v) is 4.80. The fraction of sp³-hybridized carbons (Fsp3) is 0.176. The molecule has 0 atom stereocenters. The van der Waals surface area contributed by atoms with Crippen LogP contribution < -0.4 is 14.4 Å². The summed E-state index contributed by atoms with van der Waals surface area (Å²) in [6.45, 7) is 0.577. The molecule has 0 spiro atoms. The standard InChI is InChI=1S/C17H15NO4/c1-21-14-8-4-5-9-15(14)22-11-10-18-13-7-3-2-6-12(13)16(19)17(18)20/h2-9H,10-11H2,1H3. The second-order valence-electron chi connectivity index (χ2n) is 4.80. The third-order valence-corrected chi connectivity index (χ3v) is 3.52. The first-order chi connectivity index (χ1) is 10.7. The molecule has 5 heteroatoms. The summed E-state index contributed by atoms with van der Waals surface area (Å²) in [5.41, 5.74) is 1.09. The Morgan fingerprint density at radius 2 is 1.64 bits per heavy atom. The van der Waals surface area contributed by atoms with Gasteiger partial charge < -0.3 is 14.4 Å². The molecule has 3 rings (SSSR count). The molecule has 22 heavy (non-hydrogen) atoms. The first-order valence-corrected chi connectivity index (χ1v) is 6.93. The van der Waals surface area contributed by atoms with Crippen molar-refractivity contribution in [3.63, 3.8) is 0 Å². The van der Waals surface area contributed by atoms with E-state index in [-0.39, 0.29) is 6.61 Å². The Morgan fingerprint density at radius 1 is 0.955 bits per heavy atom. The van der Waals surface area contributed by atoms with Crippen LogP contribution in [0.25, 0.3) is 0 Å². The molecule has 0 unspecified atom stereocenters. The van der Waals surface area contributed by atoms with Gasteiger partial charge in [0, 0.05) is 0 Å². The maximum atomic E-state index is 12.0. The molecule has 1 amide bonds. The Morgan fingerprint density at radius 3 is 2.41 bits per heavy atom. The van der Waals surface area contributed by atoms with Gasteiger partial charge in [0.25, 0.3) is 11.7 Å². The molecule has 1 aliphatic rings. The Hall–Kier alpha value is -2.82. The Balaban J connectivity index is 1.70. The number of ether oxygens (including phenoxy) is 2. The van der Waals surface area contributed by atoms with E-state index < -0.39 is 11.7 Å². The fourth-order valence-electron chi connectivity index (χ4n) is 2.46. The van der Waals surface area contributed by atoms with E-state index in [4.69, 9.17) is 9.47 Å². The van der Waals surface area contributed by atoms with E-state index in [1.807, 2.05) is 12.1 Å². The molecule has 0 aliphatic carbocycles. The topological polar surface area (TPSA) is 55.8 Å². The van der Waals surface area contributed by atoms with Crippen molar-refractivity contribution in [3.05, 3.63) is 54.1 Å². The molecule has 0 bridgehead atoms. The molecule has 1 heterocycles. The van der Waals surface area contributed by atoms with Crippen LogP contribution in [0.2, 0.25) is 0 Å². The van der Waals surface area contributed by atoms with Crippen molar-refractivity contribution in [1.29, 1.82) is 0 Å². The highest BCUT2D eigenvalue weighted by molar-refractivity contribution is 6.52. The van der Waals surface area contributed by atoms with Gasteiger partial charge in [0.05, 0.1) is 24.9 Å². The van der Waals surface area contributed by atoms with Crippen LogP contribution >= 0.6 is 0 Å². The average molecular weight is 297 g/mol. The minimum Gasteiger partial charge on any atom is -0.493 e. The van der Waals surface area contributed by atoms with Crippen molar-refractivity contribution in [2.24, 2.45) is 0 Å². The number of Topliss-reactive ketones (excluding diaryl/α,β-unsaturated/α-hetero) is 1. The van der Waals surface area contributed by atoms with Crippen LogP contribution in [-0.4, -0.2) is 32.0 Å². The van der Waals surface area contributed by atoms with Crippen LogP contribution in [0, 0.1) is 0 Å². The fourth-order valence-corrected chi connectivity index (χ4v) is 2.46. The van der Waals surface area contributed by atoms with Crippen molar-refractivity contribution in [3.8, 4) is 11.5 Å². The van der Waals surface area contributed by atoms with Crippen molar-refractivity contribution in [1.82, 2.24) is 0 Å². The van der Waals surface area contributed by atoms with E-state index in [1.165, 1.54) is 4.90 Å². The smallest absolute Gasteiger partial charge is 0.299 e. The van der Waals surface area contributed by atoms with E-state index in [1.54, 1.807) is 43.5 Å². The zero-order chi connectivity index (χ0) is 15.5. The Labute approximate surface area is 128 Å². The first-order valence-electron chi connectivity index (χ1n) is 6.93. The van der Waals surface area contributed by atoms with Crippen LogP contribution in [0.15, 0.2) is 48.5 Å². The number of carbonyl (C=O) groups is 2. The van der Waals surface area contributed by atoms with Crippen molar-refractivity contribution in [2.75, 3.05) is 25.2 Å². The summed E-state index contributed by atoms with van der Waals surface area (Å²) in [4.78, 5) is 25.4. The number of para-hydroxylation sites is 3. The molecule has 1 aliphatic heterocycles. The molecule has 2 aromatic carbocycles. The molecule has 5 nitrogen and oxygen atoms in total. The van der Waals surface area contributed by atoms with E-state index in [2.05, 4.69) is 0 Å². The second kappa shape index (κ2) is 5.89. The molecule has 0 N–H and O–H groups in total. The van der Waals surface area contributed by atoms with Crippen LogP contribution in [0.4, 0.5) is 5.69 Å². The highest BCUT2D eigenvalue weighted by atomic mass is 16.5. The lowest BCUT2D eigenvalue weighted by Gasteiger charge is -2.17. The van der Waals surface area contributed by atoms with E-state index in [9.17, 15) is 9.59 Å². The van der Waals surface area contributed by atoms with Crippen molar-refractivity contribution >= 4 is 17.4 Å². The molecule has 2 aromatic rings. The van der Waals surface area contributed by atoms with Gasteiger partial charge >= 0.3 is 0 Å². The third kappa shape index (κ3) is 2.41. The maximum absolute atomic E-state index is 12.0. The monoisotopic (exact) mass is 297 g/mol. The van der Waals surface area contributed by atoms with E-state index >= 15 is 0 Å². The average Bonchev–Trinajstić information content (AvgIpc) is 2.80. The van der Waals surface area contributed by atoms with Gasteiger partial charge in [-0.3, -0.25) is 9.59 Å². The first kappa shape index (κ1) is 14.1. The zero-order valence-corrected chi connectivity index (χ0v) is 12.1. The van der Waals surface area contributed by atoms with Crippen LogP contribution in [0.5, 0.6) is 11.5 Å². The molecule has 0 fully saturated rings. The molecule has 0 radical (unpaired) electrons. The summed E-state index contributed by atoms with van der Waals surface area (Å²) in [6.07, 6.45) is 0. The number of amides is 1. The lowest BCUT2D eigenvalue weighted by atomic mass is 10.1. The van der Waals surface area contributed by atoms with Crippen molar-refractivity contribution in [2.45, 2.75) is 0 Å². The van der Waals surface area contributed by atoms with Crippen molar-refractivity contribution < 1.29 is 19.1 Å². The van der Waals surface area contributed by atoms with Gasteiger partial charge in [-0.25, -0.2) is 0 Å². The Bertz CT molecular complexity index is 726. The predicted octanol–water partition coefficient (Wildman–Crippen LogP) is 2.30. The normalized spacial score (nSPS) is 13.2. The number of fused-ring (bicyclic) bond motifs is 1. The number of rotatable bonds is 5. The minimum absolute atomic E-state index is 0.272. The number of carbonyl (C=O) groups excluding carboxylic acids is 2. The van der Waals surface area contributed by atoms with E-state index in [0.29, 0.717) is 29.3 Å². The largest absolute Gasteiger partial charge is 0.493 e. The lowest BCUT2D eigenvalue weighted by Crippen LogP contribution is -2.33.